The number of ether oxygens (including phenoxy) is 6. The fourth-order valence-electron chi connectivity index (χ4n) is 7.94. The van der Waals surface area contributed by atoms with E-state index >= 15 is 0 Å². The van der Waals surface area contributed by atoms with E-state index in [0.29, 0.717) is 30.9 Å². The van der Waals surface area contributed by atoms with Crippen molar-refractivity contribution in [3.8, 4) is 17.2 Å². The van der Waals surface area contributed by atoms with Gasteiger partial charge in [0, 0.05) is 45.8 Å². The van der Waals surface area contributed by atoms with Gasteiger partial charge in [0.05, 0.1) is 49.9 Å². The molecule has 3 aromatic rings. The Morgan fingerprint density at radius 2 is 1.63 bits per heavy atom. The van der Waals surface area contributed by atoms with Crippen LogP contribution >= 0.6 is 31.6 Å². The summed E-state index contributed by atoms with van der Waals surface area (Å²) in [7, 11) is -4.69. The number of fused-ring (bicyclic) bond motifs is 1. The molecule has 2 unspecified atom stereocenters. The highest BCUT2D eigenvalue weighted by Gasteiger charge is 2.44. The maximum absolute atomic E-state index is 14.4. The third-order valence-corrected chi connectivity index (χ3v) is 14.9. The number of sulfonamides is 1. The molecule has 3 aliphatic rings. The summed E-state index contributed by atoms with van der Waals surface area (Å²) in [6.07, 6.45) is -4.27. The van der Waals surface area contributed by atoms with E-state index in [4.69, 9.17) is 37.5 Å². The van der Waals surface area contributed by atoms with Gasteiger partial charge in [0.1, 0.15) is 23.4 Å². The highest BCUT2D eigenvalue weighted by Crippen LogP contribution is 2.50. The molecule has 3 saturated heterocycles. The minimum absolute atomic E-state index is 0. The van der Waals surface area contributed by atoms with Crippen molar-refractivity contribution in [3.05, 3.63) is 83.9 Å². The van der Waals surface area contributed by atoms with Crippen molar-refractivity contribution in [1.82, 2.24) is 19.4 Å². The van der Waals surface area contributed by atoms with Crippen LogP contribution < -0.4 is 19.3 Å². The third-order valence-electron chi connectivity index (χ3n) is 11.5. The average Bonchev–Trinajstić information content (AvgIpc) is 3.92. The number of hydrogen-bond donors (Lipinski definition) is 2. The number of nitrogens with zero attached hydrogens (tertiary/aromatic N) is 3. The van der Waals surface area contributed by atoms with E-state index in [2.05, 4.69) is 22.2 Å². The Balaban J connectivity index is 0.00000504. The molecule has 3 aromatic carbocycles. The van der Waals surface area contributed by atoms with Crippen LogP contribution in [0.1, 0.15) is 52.7 Å². The highest BCUT2D eigenvalue weighted by molar-refractivity contribution is 14.0. The van der Waals surface area contributed by atoms with E-state index in [-0.39, 0.29) is 92.4 Å². The van der Waals surface area contributed by atoms with E-state index in [1.807, 2.05) is 26.0 Å². The van der Waals surface area contributed by atoms with Gasteiger partial charge in [-0.25, -0.2) is 22.6 Å². The number of halogens is 1. The number of benzene rings is 3. The fourth-order valence-corrected chi connectivity index (χ4v) is 11.0. The van der Waals surface area contributed by atoms with Crippen LogP contribution in [-0.2, 0) is 55.8 Å². The number of aliphatic hydroxyl groups excluding tert-OH is 1. The lowest BCUT2D eigenvalue weighted by Gasteiger charge is -2.32. The van der Waals surface area contributed by atoms with Gasteiger partial charge in [0.25, 0.3) is 0 Å². The summed E-state index contributed by atoms with van der Waals surface area (Å²) in [4.78, 5) is 30.7. The quantitative estimate of drug-likeness (QED) is 0.0602. The van der Waals surface area contributed by atoms with E-state index in [9.17, 15) is 27.7 Å². The summed E-state index contributed by atoms with van der Waals surface area (Å²) in [5.41, 5.74) is 1.60. The largest absolute Gasteiger partial charge is 0.497 e. The van der Waals surface area contributed by atoms with Gasteiger partial charge >= 0.3 is 19.7 Å². The Kier molecular flexibility index (Phi) is 22.3. The molecule has 0 spiro atoms. The summed E-state index contributed by atoms with van der Waals surface area (Å²) < 4.78 is 88.7. The number of esters is 1. The maximum atomic E-state index is 14.4. The Hall–Kier alpha value is -3.57. The summed E-state index contributed by atoms with van der Waals surface area (Å²) in [5, 5.41) is 14.6. The smallest absolute Gasteiger partial charge is 0.417 e. The summed E-state index contributed by atoms with van der Waals surface area (Å²) in [6.45, 7) is 11.8. The molecule has 18 nitrogen and oxygen atoms in total. The summed E-state index contributed by atoms with van der Waals surface area (Å²) in [5.74, 6) is 0.129. The first kappa shape index (κ1) is 57.0. The predicted molar refractivity (Wildman–Crippen MR) is 266 cm³/mol. The Bertz CT molecular complexity index is 2200. The SMILES string of the molecule is C.CCOC(=O)C(C)OP(=O)(COc1ccc(C[C@H](NC(=O)O[C@H]2CO[C@H]3OCC[C@H]32)[C@H](O)CN(CC(C)C)S(=O)(=O)c2ccc(OC)cc2)cc1)Oc1cccc(CN2CCN(C)CC2)c1.I. The molecule has 68 heavy (non-hydrogen) atoms. The van der Waals surface area contributed by atoms with Gasteiger partial charge in [-0.1, -0.05) is 45.5 Å². The van der Waals surface area contributed by atoms with Gasteiger partial charge in [-0.15, -0.1) is 24.0 Å². The number of methoxy groups -OCH3 is 1. The summed E-state index contributed by atoms with van der Waals surface area (Å²) >= 11 is 0. The Morgan fingerprint density at radius 3 is 2.29 bits per heavy atom. The van der Waals surface area contributed by atoms with Crippen molar-refractivity contribution in [2.24, 2.45) is 11.8 Å². The zero-order valence-corrected chi connectivity index (χ0v) is 43.1. The number of likely N-dealkylation sites (N-methyl/N-ethyl adjacent to an activating group) is 1. The zero-order chi connectivity index (χ0) is 47.4. The second kappa shape index (κ2) is 26.6. The van der Waals surface area contributed by atoms with Crippen molar-refractivity contribution in [3.63, 3.8) is 0 Å². The minimum Gasteiger partial charge on any atom is -0.497 e. The molecule has 2 N–H and O–H groups in total. The van der Waals surface area contributed by atoms with E-state index in [1.54, 1.807) is 55.5 Å². The normalized spacial score (nSPS) is 20.8. The van der Waals surface area contributed by atoms with Gasteiger partial charge < -0.3 is 48.3 Å². The van der Waals surface area contributed by atoms with Gasteiger partial charge in [-0.3, -0.25) is 9.42 Å². The van der Waals surface area contributed by atoms with Crippen LogP contribution in [0.15, 0.2) is 77.7 Å². The molecule has 380 valence electrons. The average molecular weight is 1110 g/mol. The number of amides is 1. The molecule has 7 atom stereocenters. The fraction of sp³-hybridized carbons (Fsp3) is 0.574. The number of piperazine rings is 1. The van der Waals surface area contributed by atoms with Gasteiger partial charge in [0.2, 0.25) is 16.4 Å². The van der Waals surface area contributed by atoms with E-state index in [0.717, 1.165) is 31.7 Å². The molecule has 0 aromatic heterocycles. The molecule has 1 amide bonds. The van der Waals surface area contributed by atoms with E-state index in [1.165, 1.54) is 30.5 Å². The van der Waals surface area contributed by atoms with Crippen LogP contribution in [0, 0.1) is 11.8 Å². The number of nitrogens with one attached hydrogen (secondary N) is 1. The first-order valence-corrected chi connectivity index (χ1v) is 25.6. The molecular formula is C47H70IN4O14PS. The number of carbonyl (C=O) groups is 2. The highest BCUT2D eigenvalue weighted by atomic mass is 127. The number of carbonyl (C=O) groups excluding carboxylic acids is 2. The number of alkyl carbamates (subject to hydrolysis) is 1. The third kappa shape index (κ3) is 16.2. The van der Waals surface area contributed by atoms with Gasteiger partial charge in [-0.05, 0) is 99.3 Å². The predicted octanol–water partition coefficient (Wildman–Crippen LogP) is 6.38. The number of hydrogen-bond acceptors (Lipinski definition) is 16. The maximum Gasteiger partial charge on any atom is 0.417 e. The zero-order valence-electron chi connectivity index (χ0n) is 39.0. The lowest BCUT2D eigenvalue weighted by atomic mass is 10.0. The van der Waals surface area contributed by atoms with Crippen molar-refractivity contribution in [1.29, 1.82) is 0 Å². The Morgan fingerprint density at radius 1 is 0.941 bits per heavy atom. The lowest BCUT2D eigenvalue weighted by Crippen LogP contribution is -2.51. The molecule has 6 rings (SSSR count). The molecule has 0 saturated carbocycles. The summed E-state index contributed by atoms with van der Waals surface area (Å²) in [6, 6.07) is 18.8. The van der Waals surface area contributed by atoms with Crippen molar-refractivity contribution in [2.45, 2.75) is 90.0 Å². The van der Waals surface area contributed by atoms with Crippen molar-refractivity contribution >= 4 is 53.7 Å². The molecule has 3 fully saturated rings. The molecule has 21 heteroatoms. The topological polar surface area (TPSA) is 201 Å². The second-order valence-electron chi connectivity index (χ2n) is 17.2. The van der Waals surface area contributed by atoms with Crippen LogP contribution in [0.4, 0.5) is 4.79 Å². The van der Waals surface area contributed by atoms with Gasteiger partial charge in [0.15, 0.2) is 12.4 Å². The van der Waals surface area contributed by atoms with E-state index < -0.39 is 66.7 Å². The first-order valence-electron chi connectivity index (χ1n) is 22.4. The second-order valence-corrected chi connectivity index (χ2v) is 21.0. The molecule has 0 aliphatic carbocycles. The Labute approximate surface area is 418 Å². The number of aliphatic hydroxyl groups is 1. The van der Waals surface area contributed by atoms with Crippen LogP contribution in [0.2, 0.25) is 0 Å². The number of rotatable bonds is 23. The minimum atomic E-state index is -4.17. The standard InChI is InChI=1S/C46H65N4O14PS.CH4.HI/c1-7-58-44(52)33(4)63-65(54,64-38-10-8-9-35(25-38)28-49-22-20-48(5)21-23-49)31-61-37-13-11-34(12-14-37)26-41(47-46(53)62-43-30-60-45-40(43)19-24-59-45)42(51)29-50(27-32(2)3)66(55,56)39-17-15-36(57-6)16-18-39;;/h8-18,25,32-33,40-43,45,51H,7,19-24,26-31H2,1-6H3,(H,47,53);1H4;1H/t33?,40-,41-,42+,43-,45+,65?;;/m0../s1. The first-order chi connectivity index (χ1) is 31.5. The monoisotopic (exact) mass is 1100 g/mol. The van der Waals surface area contributed by atoms with Crippen molar-refractivity contribution in [2.75, 3.05) is 79.6 Å². The van der Waals surface area contributed by atoms with Crippen LogP contribution in [0.25, 0.3) is 0 Å². The van der Waals surface area contributed by atoms with Crippen LogP contribution in [0.5, 0.6) is 17.2 Å². The molecule has 3 heterocycles. The van der Waals surface area contributed by atoms with Crippen LogP contribution in [-0.4, -0.2) is 150 Å². The lowest BCUT2D eigenvalue weighted by molar-refractivity contribution is -0.150. The molecule has 3 aliphatic heterocycles. The molecule has 0 radical (unpaired) electrons. The van der Waals surface area contributed by atoms with Crippen molar-refractivity contribution < 1.29 is 65.1 Å². The molecular weight excluding hydrogens is 1030 g/mol. The molecule has 0 bridgehead atoms. The van der Waals surface area contributed by atoms with Crippen LogP contribution in [0.3, 0.4) is 0 Å². The van der Waals surface area contributed by atoms with Gasteiger partial charge in [-0.2, -0.15) is 4.31 Å².